The standard InChI is InChI=1S/C9H14N4O3.C4H7NO/c10-2-1-8(14)13-7(9(15)16)3-6-4-11-5-12-6;1-3(2)4(5)6/h4-5,7H,1-3,10H2,(H,11,12)(H,13,14)(H,15,16);1H2,2H3,(H2,5,6). The van der Waals surface area contributed by atoms with Crippen molar-refractivity contribution in [3.8, 4) is 0 Å². The molecular formula is C13H21N5O4. The molecule has 0 fully saturated rings. The third kappa shape index (κ3) is 8.48. The number of hydrogen-bond acceptors (Lipinski definition) is 5. The maximum Gasteiger partial charge on any atom is 0.326 e. The normalized spacial score (nSPS) is 10.8. The van der Waals surface area contributed by atoms with Gasteiger partial charge in [0, 0.05) is 31.2 Å². The van der Waals surface area contributed by atoms with Gasteiger partial charge in [0.1, 0.15) is 6.04 Å². The fourth-order valence-corrected chi connectivity index (χ4v) is 1.21. The summed E-state index contributed by atoms with van der Waals surface area (Å²) in [5.41, 5.74) is 10.9. The first-order chi connectivity index (χ1) is 10.3. The van der Waals surface area contributed by atoms with Gasteiger partial charge in [0.05, 0.1) is 12.0 Å². The molecule has 1 aromatic rings. The second-order valence-electron chi connectivity index (χ2n) is 4.41. The highest BCUT2D eigenvalue weighted by molar-refractivity contribution is 5.90. The van der Waals surface area contributed by atoms with Gasteiger partial charge in [-0.05, 0) is 6.92 Å². The van der Waals surface area contributed by atoms with Gasteiger partial charge in [0.25, 0.3) is 0 Å². The number of aromatic amines is 1. The van der Waals surface area contributed by atoms with E-state index >= 15 is 0 Å². The SMILES string of the molecule is C=C(C)C(N)=O.NCCC(=O)NC(Cc1c[nH]cn1)C(=O)O. The molecule has 0 aliphatic heterocycles. The van der Waals surface area contributed by atoms with Crippen LogP contribution in [0, 0.1) is 0 Å². The number of hydrogen-bond donors (Lipinski definition) is 5. The maximum atomic E-state index is 11.2. The van der Waals surface area contributed by atoms with Gasteiger partial charge in [-0.2, -0.15) is 0 Å². The number of aromatic nitrogens is 2. The van der Waals surface area contributed by atoms with E-state index in [2.05, 4.69) is 21.9 Å². The fraction of sp³-hybridized carbons (Fsp3) is 0.385. The van der Waals surface area contributed by atoms with Crippen molar-refractivity contribution in [3.05, 3.63) is 30.4 Å². The Balaban J connectivity index is 0.000000626. The van der Waals surface area contributed by atoms with E-state index in [1.54, 1.807) is 13.1 Å². The molecule has 0 saturated heterocycles. The molecule has 0 aliphatic carbocycles. The zero-order chi connectivity index (χ0) is 17.1. The highest BCUT2D eigenvalue weighted by Gasteiger charge is 2.20. The van der Waals surface area contributed by atoms with Crippen molar-refractivity contribution in [2.45, 2.75) is 25.8 Å². The van der Waals surface area contributed by atoms with Crippen molar-refractivity contribution in [2.24, 2.45) is 11.5 Å². The van der Waals surface area contributed by atoms with E-state index in [0.717, 1.165) is 0 Å². The molecule has 122 valence electrons. The van der Waals surface area contributed by atoms with Gasteiger partial charge in [-0.25, -0.2) is 9.78 Å². The first-order valence-corrected chi connectivity index (χ1v) is 6.43. The molecule has 2 amide bonds. The molecule has 0 spiro atoms. The maximum absolute atomic E-state index is 11.2. The number of imidazole rings is 1. The van der Waals surface area contributed by atoms with Crippen LogP contribution in [0.25, 0.3) is 0 Å². The average molecular weight is 311 g/mol. The largest absolute Gasteiger partial charge is 0.480 e. The van der Waals surface area contributed by atoms with Gasteiger partial charge in [0.15, 0.2) is 0 Å². The van der Waals surface area contributed by atoms with Crippen LogP contribution in [0.2, 0.25) is 0 Å². The van der Waals surface area contributed by atoms with E-state index in [-0.39, 0.29) is 25.3 Å². The van der Waals surface area contributed by atoms with E-state index < -0.39 is 17.9 Å². The summed E-state index contributed by atoms with van der Waals surface area (Å²) < 4.78 is 0. The summed E-state index contributed by atoms with van der Waals surface area (Å²) in [5.74, 6) is -1.89. The Kier molecular flexibility index (Phi) is 8.87. The van der Waals surface area contributed by atoms with Crippen molar-refractivity contribution in [3.63, 3.8) is 0 Å². The second kappa shape index (κ2) is 10.1. The Morgan fingerprint density at radius 1 is 1.50 bits per heavy atom. The molecule has 9 nitrogen and oxygen atoms in total. The number of amides is 2. The number of primary amides is 1. The third-order valence-corrected chi connectivity index (χ3v) is 2.39. The third-order valence-electron chi connectivity index (χ3n) is 2.39. The zero-order valence-corrected chi connectivity index (χ0v) is 12.3. The number of nitrogens with zero attached hydrogens (tertiary/aromatic N) is 1. The fourth-order valence-electron chi connectivity index (χ4n) is 1.21. The van der Waals surface area contributed by atoms with Crippen LogP contribution in [0.1, 0.15) is 19.0 Å². The topological polar surface area (TPSA) is 164 Å². The van der Waals surface area contributed by atoms with Crippen LogP contribution in [0.15, 0.2) is 24.7 Å². The van der Waals surface area contributed by atoms with Gasteiger partial charge in [0.2, 0.25) is 11.8 Å². The summed E-state index contributed by atoms with van der Waals surface area (Å²) in [6, 6.07) is -0.970. The lowest BCUT2D eigenvalue weighted by molar-refractivity contribution is -0.141. The molecule has 1 unspecified atom stereocenters. The highest BCUT2D eigenvalue weighted by atomic mass is 16.4. The number of H-pyrrole nitrogens is 1. The summed E-state index contributed by atoms with van der Waals surface area (Å²) in [6.45, 7) is 5.05. The van der Waals surface area contributed by atoms with Crippen LogP contribution in [0.3, 0.4) is 0 Å². The lowest BCUT2D eigenvalue weighted by Gasteiger charge is -2.12. The van der Waals surface area contributed by atoms with Gasteiger partial charge in [-0.3, -0.25) is 9.59 Å². The summed E-state index contributed by atoms with van der Waals surface area (Å²) in [6.07, 6.45) is 3.31. The Morgan fingerprint density at radius 3 is 2.45 bits per heavy atom. The molecular weight excluding hydrogens is 290 g/mol. The Bertz CT molecular complexity index is 501. The highest BCUT2D eigenvalue weighted by Crippen LogP contribution is 1.99. The molecule has 22 heavy (non-hydrogen) atoms. The number of carboxylic acids is 1. The smallest absolute Gasteiger partial charge is 0.326 e. The monoisotopic (exact) mass is 311 g/mol. The first kappa shape index (κ1) is 19.3. The minimum atomic E-state index is -1.09. The molecule has 0 aliphatic rings. The molecule has 0 aromatic carbocycles. The number of carboxylic acid groups (broad SMARTS) is 1. The Labute approximate surface area is 127 Å². The van der Waals surface area contributed by atoms with Crippen molar-refractivity contribution < 1.29 is 19.5 Å². The number of carbonyl (C=O) groups excluding carboxylic acids is 2. The summed E-state index contributed by atoms with van der Waals surface area (Å²) >= 11 is 0. The summed E-state index contributed by atoms with van der Waals surface area (Å²) in [5, 5.41) is 11.3. The van der Waals surface area contributed by atoms with Gasteiger partial charge in [-0.1, -0.05) is 6.58 Å². The van der Waals surface area contributed by atoms with Crippen molar-refractivity contribution in [1.82, 2.24) is 15.3 Å². The summed E-state index contributed by atoms with van der Waals surface area (Å²) in [7, 11) is 0. The van der Waals surface area contributed by atoms with Crippen molar-refractivity contribution >= 4 is 17.8 Å². The number of rotatable bonds is 7. The number of nitrogens with one attached hydrogen (secondary N) is 2. The second-order valence-corrected chi connectivity index (χ2v) is 4.41. The number of aliphatic carboxylic acids is 1. The lowest BCUT2D eigenvalue weighted by Crippen LogP contribution is -2.42. The Hall–Kier alpha value is -2.68. The predicted octanol–water partition coefficient (Wildman–Crippen LogP) is -1.08. The van der Waals surface area contributed by atoms with E-state index in [1.807, 2.05) is 0 Å². The molecule has 0 bridgehead atoms. The van der Waals surface area contributed by atoms with E-state index in [1.165, 1.54) is 6.33 Å². The van der Waals surface area contributed by atoms with E-state index in [4.69, 9.17) is 16.6 Å². The Morgan fingerprint density at radius 2 is 2.09 bits per heavy atom. The molecule has 1 heterocycles. The minimum Gasteiger partial charge on any atom is -0.480 e. The lowest BCUT2D eigenvalue weighted by atomic mass is 10.1. The van der Waals surface area contributed by atoms with Crippen LogP contribution >= 0.6 is 0 Å². The van der Waals surface area contributed by atoms with Crippen LogP contribution in [-0.2, 0) is 20.8 Å². The number of nitrogens with two attached hydrogens (primary N) is 2. The molecule has 0 saturated carbocycles. The molecule has 1 atom stereocenters. The molecule has 7 N–H and O–H groups in total. The quantitative estimate of drug-likeness (QED) is 0.402. The minimum absolute atomic E-state index is 0.115. The first-order valence-electron chi connectivity index (χ1n) is 6.43. The predicted molar refractivity (Wildman–Crippen MR) is 79.5 cm³/mol. The van der Waals surface area contributed by atoms with Crippen molar-refractivity contribution in [2.75, 3.05) is 6.54 Å². The molecule has 9 heteroatoms. The number of carbonyl (C=O) groups is 3. The van der Waals surface area contributed by atoms with Gasteiger partial charge in [-0.15, -0.1) is 0 Å². The summed E-state index contributed by atoms with van der Waals surface area (Å²) in [4.78, 5) is 38.5. The molecule has 0 radical (unpaired) electrons. The molecule has 1 aromatic heterocycles. The van der Waals surface area contributed by atoms with Crippen LogP contribution < -0.4 is 16.8 Å². The van der Waals surface area contributed by atoms with E-state index in [9.17, 15) is 14.4 Å². The van der Waals surface area contributed by atoms with Crippen LogP contribution in [-0.4, -0.2) is 45.4 Å². The van der Waals surface area contributed by atoms with Gasteiger partial charge < -0.3 is 26.9 Å². The van der Waals surface area contributed by atoms with Crippen LogP contribution in [0.4, 0.5) is 0 Å². The zero-order valence-electron chi connectivity index (χ0n) is 12.3. The molecule has 1 rings (SSSR count). The van der Waals surface area contributed by atoms with E-state index in [0.29, 0.717) is 11.3 Å². The van der Waals surface area contributed by atoms with Crippen LogP contribution in [0.5, 0.6) is 0 Å². The van der Waals surface area contributed by atoms with Gasteiger partial charge >= 0.3 is 5.97 Å². The average Bonchev–Trinajstić information content (AvgIpc) is 2.91. The van der Waals surface area contributed by atoms with Crippen molar-refractivity contribution in [1.29, 1.82) is 0 Å².